The summed E-state index contributed by atoms with van der Waals surface area (Å²) in [7, 11) is 0. The van der Waals surface area contributed by atoms with Crippen molar-refractivity contribution in [2.45, 2.75) is 43.9 Å². The molecule has 6 nitrogen and oxygen atoms in total. The van der Waals surface area contributed by atoms with Crippen LogP contribution in [0, 0.1) is 0 Å². The zero-order valence-corrected chi connectivity index (χ0v) is 16.3. The van der Waals surface area contributed by atoms with E-state index < -0.39 is 30.7 Å². The number of hydrogen-bond acceptors (Lipinski definition) is 6. The average molecular weight is 400 g/mol. The van der Waals surface area contributed by atoms with Crippen molar-refractivity contribution in [3.05, 3.63) is 84.4 Å². The van der Waals surface area contributed by atoms with E-state index in [9.17, 15) is 10.2 Å². The topological polar surface area (TPSA) is 77.4 Å². The van der Waals surface area contributed by atoms with Crippen molar-refractivity contribution in [3.63, 3.8) is 0 Å². The van der Waals surface area contributed by atoms with Gasteiger partial charge in [-0.25, -0.2) is 0 Å². The normalized spacial score (nSPS) is 26.9. The molecule has 0 bridgehead atoms. The van der Waals surface area contributed by atoms with Gasteiger partial charge in [-0.2, -0.15) is 0 Å². The molecule has 156 valence electrons. The van der Waals surface area contributed by atoms with E-state index in [2.05, 4.69) is 6.58 Å². The fourth-order valence-corrected chi connectivity index (χ4v) is 3.32. The molecule has 0 unspecified atom stereocenters. The molecular weight excluding hydrogens is 372 g/mol. The van der Waals surface area contributed by atoms with Crippen molar-refractivity contribution < 1.29 is 29.2 Å². The molecular formula is C23H28O6. The van der Waals surface area contributed by atoms with Crippen LogP contribution in [-0.4, -0.2) is 54.1 Å². The summed E-state index contributed by atoms with van der Waals surface area (Å²) in [5.41, 5.74) is 1.97. The molecule has 1 fully saturated rings. The highest BCUT2D eigenvalue weighted by Crippen LogP contribution is 2.28. The molecule has 29 heavy (non-hydrogen) atoms. The lowest BCUT2D eigenvalue weighted by Crippen LogP contribution is -2.61. The van der Waals surface area contributed by atoms with Gasteiger partial charge in [0.15, 0.2) is 6.29 Å². The summed E-state index contributed by atoms with van der Waals surface area (Å²) in [5.74, 6) is 0. The third-order valence-electron chi connectivity index (χ3n) is 4.77. The van der Waals surface area contributed by atoms with Crippen molar-refractivity contribution in [1.29, 1.82) is 0 Å². The predicted octanol–water partition coefficient (Wildman–Crippen LogP) is 2.44. The van der Waals surface area contributed by atoms with Crippen molar-refractivity contribution in [3.8, 4) is 0 Å². The monoisotopic (exact) mass is 400 g/mol. The lowest BCUT2D eigenvalue weighted by molar-refractivity contribution is -0.312. The second kappa shape index (κ2) is 11.2. The second-order valence-corrected chi connectivity index (χ2v) is 6.86. The molecule has 0 saturated carbocycles. The van der Waals surface area contributed by atoms with Crippen LogP contribution in [0.3, 0.4) is 0 Å². The first-order valence-corrected chi connectivity index (χ1v) is 9.71. The maximum absolute atomic E-state index is 10.4. The highest BCUT2D eigenvalue weighted by atomic mass is 16.7. The molecule has 6 heteroatoms. The maximum Gasteiger partial charge on any atom is 0.184 e. The minimum atomic E-state index is -1.25. The largest absolute Gasteiger partial charge is 0.394 e. The van der Waals surface area contributed by atoms with E-state index in [1.54, 1.807) is 6.08 Å². The van der Waals surface area contributed by atoms with Crippen molar-refractivity contribution >= 4 is 0 Å². The van der Waals surface area contributed by atoms with Gasteiger partial charge in [-0.3, -0.25) is 0 Å². The molecule has 1 aliphatic rings. The summed E-state index contributed by atoms with van der Waals surface area (Å²) in [6.07, 6.45) is -2.43. The van der Waals surface area contributed by atoms with Crippen LogP contribution in [-0.2, 0) is 32.2 Å². The van der Waals surface area contributed by atoms with Gasteiger partial charge in [-0.15, -0.1) is 6.58 Å². The number of ether oxygens (including phenoxy) is 4. The van der Waals surface area contributed by atoms with Gasteiger partial charge in [-0.05, 0) is 11.1 Å². The van der Waals surface area contributed by atoms with Crippen molar-refractivity contribution in [1.82, 2.24) is 0 Å². The van der Waals surface area contributed by atoms with Gasteiger partial charge in [0.05, 0.1) is 26.4 Å². The summed E-state index contributed by atoms with van der Waals surface area (Å²) in [5, 5.41) is 20.3. The first-order valence-electron chi connectivity index (χ1n) is 9.71. The first kappa shape index (κ1) is 21.6. The molecule has 2 aromatic carbocycles. The van der Waals surface area contributed by atoms with Gasteiger partial charge in [0, 0.05) is 0 Å². The molecule has 1 aliphatic heterocycles. The standard InChI is InChI=1S/C23H28O6/c1-2-13-26-22-21(28-16-18-11-7-4-8-12-18)20(19(14-24)29-23(22)25)27-15-17-9-5-3-6-10-17/h2-12,19-25H,1,13-16H2/t19-,20-,21+,22-,23+/m1/s1. The minimum absolute atomic E-state index is 0.228. The Kier molecular flexibility index (Phi) is 8.37. The van der Waals surface area contributed by atoms with Gasteiger partial charge >= 0.3 is 0 Å². The van der Waals surface area contributed by atoms with Crippen molar-refractivity contribution in [2.75, 3.05) is 13.2 Å². The zero-order chi connectivity index (χ0) is 20.5. The van der Waals surface area contributed by atoms with Crippen LogP contribution in [0.4, 0.5) is 0 Å². The Balaban J connectivity index is 1.78. The van der Waals surface area contributed by atoms with Crippen LogP contribution < -0.4 is 0 Å². The molecule has 3 rings (SSSR count). The molecule has 5 atom stereocenters. The van der Waals surface area contributed by atoms with E-state index in [1.807, 2.05) is 60.7 Å². The van der Waals surface area contributed by atoms with Crippen LogP contribution in [0.1, 0.15) is 11.1 Å². The number of benzene rings is 2. The van der Waals surface area contributed by atoms with Gasteiger partial charge < -0.3 is 29.2 Å². The van der Waals surface area contributed by atoms with E-state index in [1.165, 1.54) is 0 Å². The van der Waals surface area contributed by atoms with Crippen LogP contribution >= 0.6 is 0 Å². The van der Waals surface area contributed by atoms with Crippen LogP contribution in [0.5, 0.6) is 0 Å². The number of aliphatic hydroxyl groups is 2. The van der Waals surface area contributed by atoms with Crippen LogP contribution in [0.25, 0.3) is 0 Å². The van der Waals surface area contributed by atoms with E-state index in [0.717, 1.165) is 11.1 Å². The van der Waals surface area contributed by atoms with Crippen LogP contribution in [0.15, 0.2) is 73.3 Å². The molecule has 0 radical (unpaired) electrons. The number of aliphatic hydroxyl groups excluding tert-OH is 2. The highest BCUT2D eigenvalue weighted by Gasteiger charge is 2.47. The summed E-state index contributed by atoms with van der Waals surface area (Å²) >= 11 is 0. The molecule has 1 saturated heterocycles. The summed E-state index contributed by atoms with van der Waals surface area (Å²) in [6, 6.07) is 19.4. The van der Waals surface area contributed by atoms with Gasteiger partial charge in [0.25, 0.3) is 0 Å². The van der Waals surface area contributed by atoms with E-state index in [4.69, 9.17) is 18.9 Å². The second-order valence-electron chi connectivity index (χ2n) is 6.86. The molecule has 1 heterocycles. The summed E-state index contributed by atoms with van der Waals surface area (Å²) in [4.78, 5) is 0. The Morgan fingerprint density at radius 3 is 1.90 bits per heavy atom. The average Bonchev–Trinajstić information content (AvgIpc) is 2.77. The van der Waals surface area contributed by atoms with E-state index in [-0.39, 0.29) is 13.2 Å². The Morgan fingerprint density at radius 2 is 1.38 bits per heavy atom. The Hall–Kier alpha value is -2.06. The number of rotatable bonds is 10. The Labute approximate surface area is 171 Å². The molecule has 0 aromatic heterocycles. The predicted molar refractivity (Wildman–Crippen MR) is 108 cm³/mol. The fourth-order valence-electron chi connectivity index (χ4n) is 3.32. The molecule has 2 N–H and O–H groups in total. The minimum Gasteiger partial charge on any atom is -0.394 e. The Bertz CT molecular complexity index is 723. The van der Waals surface area contributed by atoms with E-state index >= 15 is 0 Å². The van der Waals surface area contributed by atoms with E-state index in [0.29, 0.717) is 13.2 Å². The molecule has 2 aromatic rings. The highest BCUT2D eigenvalue weighted by molar-refractivity contribution is 5.14. The maximum atomic E-state index is 10.4. The molecule has 0 amide bonds. The summed E-state index contributed by atoms with van der Waals surface area (Å²) in [6.45, 7) is 4.21. The smallest absolute Gasteiger partial charge is 0.184 e. The zero-order valence-electron chi connectivity index (χ0n) is 16.3. The third kappa shape index (κ3) is 5.96. The fraction of sp³-hybridized carbons (Fsp3) is 0.391. The lowest BCUT2D eigenvalue weighted by Gasteiger charge is -2.44. The molecule has 0 aliphatic carbocycles. The van der Waals surface area contributed by atoms with Gasteiger partial charge in [0.1, 0.15) is 24.4 Å². The number of hydrogen-bond donors (Lipinski definition) is 2. The van der Waals surface area contributed by atoms with Crippen LogP contribution in [0.2, 0.25) is 0 Å². The third-order valence-corrected chi connectivity index (χ3v) is 4.77. The summed E-state index contributed by atoms with van der Waals surface area (Å²) < 4.78 is 23.6. The lowest BCUT2D eigenvalue weighted by atomic mass is 9.98. The Morgan fingerprint density at radius 1 is 0.828 bits per heavy atom. The van der Waals surface area contributed by atoms with Gasteiger partial charge in [0.2, 0.25) is 0 Å². The molecule has 0 spiro atoms. The van der Waals surface area contributed by atoms with Gasteiger partial charge in [-0.1, -0.05) is 66.7 Å². The first-order chi connectivity index (χ1) is 14.2. The SMILES string of the molecule is C=CCO[C@@H]1[C@@H](OCc2ccccc2)[C@H](OCc2ccccc2)[C@@H](CO)O[C@@H]1O. The van der Waals surface area contributed by atoms with Crippen molar-refractivity contribution in [2.24, 2.45) is 0 Å². The quantitative estimate of drug-likeness (QED) is 0.597.